The number of rotatable bonds is 5. The Kier molecular flexibility index (Phi) is 4.54. The lowest BCUT2D eigenvalue weighted by Crippen LogP contribution is -2.00. The molecule has 3 heterocycles. The molecular formula is C25H18FN7. The van der Waals surface area contributed by atoms with Crippen LogP contribution in [0.4, 0.5) is 10.3 Å². The molecule has 0 unspecified atom stereocenters. The maximum atomic E-state index is 14.2. The van der Waals surface area contributed by atoms with Gasteiger partial charge in [-0.3, -0.25) is 0 Å². The summed E-state index contributed by atoms with van der Waals surface area (Å²) in [6.07, 6.45) is 3.67. The van der Waals surface area contributed by atoms with Crippen LogP contribution in [-0.4, -0.2) is 30.9 Å². The number of hydrazone groups is 1. The fraction of sp³-hybridized carbons (Fsp3) is 0.0400. The highest BCUT2D eigenvalue weighted by Gasteiger charge is 2.10. The van der Waals surface area contributed by atoms with Crippen molar-refractivity contribution in [2.24, 2.45) is 5.10 Å². The Morgan fingerprint density at radius 2 is 1.73 bits per heavy atom. The molecule has 0 amide bonds. The SMILES string of the molecule is Fc1ccccc1Cn1cc(/C=N\Nc2nnc3c(n2)[nH]c2ccccc23)c2ccccc21. The van der Waals surface area contributed by atoms with Gasteiger partial charge in [0.15, 0.2) is 5.65 Å². The predicted molar refractivity (Wildman–Crippen MR) is 128 cm³/mol. The fourth-order valence-electron chi connectivity index (χ4n) is 4.05. The molecule has 3 aromatic carbocycles. The molecule has 0 radical (unpaired) electrons. The van der Waals surface area contributed by atoms with Gasteiger partial charge in [0.2, 0.25) is 0 Å². The molecule has 0 saturated heterocycles. The van der Waals surface area contributed by atoms with Gasteiger partial charge in [-0.2, -0.15) is 10.1 Å². The van der Waals surface area contributed by atoms with Crippen molar-refractivity contribution in [1.29, 1.82) is 0 Å². The molecule has 0 atom stereocenters. The molecule has 6 aromatic rings. The van der Waals surface area contributed by atoms with Gasteiger partial charge in [-0.25, -0.2) is 9.82 Å². The Labute approximate surface area is 187 Å². The van der Waals surface area contributed by atoms with E-state index in [2.05, 4.69) is 30.7 Å². The largest absolute Gasteiger partial charge is 0.342 e. The van der Waals surface area contributed by atoms with Crippen LogP contribution in [0.3, 0.4) is 0 Å². The number of hydrogen-bond donors (Lipinski definition) is 2. The first-order valence-electron chi connectivity index (χ1n) is 10.5. The number of H-pyrrole nitrogens is 1. The van der Waals surface area contributed by atoms with Crippen molar-refractivity contribution in [2.45, 2.75) is 6.54 Å². The average molecular weight is 435 g/mol. The lowest BCUT2D eigenvalue weighted by Gasteiger charge is -2.06. The predicted octanol–water partition coefficient (Wildman–Crippen LogP) is 5.09. The summed E-state index contributed by atoms with van der Waals surface area (Å²) in [6, 6.07) is 22.6. The van der Waals surface area contributed by atoms with Crippen LogP contribution in [0.15, 0.2) is 84.1 Å². The van der Waals surface area contributed by atoms with Crippen LogP contribution in [0, 0.1) is 5.82 Å². The molecule has 160 valence electrons. The van der Waals surface area contributed by atoms with E-state index in [1.165, 1.54) is 6.07 Å². The normalized spacial score (nSPS) is 11.8. The van der Waals surface area contributed by atoms with E-state index in [0.717, 1.165) is 32.9 Å². The van der Waals surface area contributed by atoms with E-state index in [0.29, 0.717) is 23.7 Å². The number of halogens is 1. The first kappa shape index (κ1) is 19.1. The van der Waals surface area contributed by atoms with Crippen molar-refractivity contribution in [3.63, 3.8) is 0 Å². The molecule has 7 nitrogen and oxygen atoms in total. The van der Waals surface area contributed by atoms with Crippen molar-refractivity contribution in [1.82, 2.24) is 24.7 Å². The molecule has 8 heteroatoms. The summed E-state index contributed by atoms with van der Waals surface area (Å²) in [5.41, 5.74) is 7.70. The van der Waals surface area contributed by atoms with Gasteiger partial charge in [-0.15, -0.1) is 10.2 Å². The second-order valence-corrected chi connectivity index (χ2v) is 7.69. The molecule has 0 aliphatic heterocycles. The maximum Gasteiger partial charge on any atom is 0.265 e. The van der Waals surface area contributed by atoms with E-state index < -0.39 is 0 Å². The molecule has 0 aliphatic rings. The highest BCUT2D eigenvalue weighted by molar-refractivity contribution is 6.03. The lowest BCUT2D eigenvalue weighted by molar-refractivity contribution is 0.602. The number of nitrogens with one attached hydrogen (secondary N) is 2. The zero-order chi connectivity index (χ0) is 22.2. The highest BCUT2D eigenvalue weighted by atomic mass is 19.1. The molecule has 33 heavy (non-hydrogen) atoms. The molecule has 0 saturated carbocycles. The third-order valence-electron chi connectivity index (χ3n) is 5.61. The number of benzene rings is 3. The van der Waals surface area contributed by atoms with Crippen molar-refractivity contribution < 1.29 is 4.39 Å². The number of para-hydroxylation sites is 2. The van der Waals surface area contributed by atoms with Gasteiger partial charge in [0.05, 0.1) is 12.8 Å². The third-order valence-corrected chi connectivity index (χ3v) is 5.61. The minimum absolute atomic E-state index is 0.218. The number of aromatic amines is 1. The Morgan fingerprint density at radius 1 is 0.939 bits per heavy atom. The summed E-state index contributed by atoms with van der Waals surface area (Å²) in [4.78, 5) is 7.72. The summed E-state index contributed by atoms with van der Waals surface area (Å²) < 4.78 is 16.2. The topological polar surface area (TPSA) is 83.8 Å². The van der Waals surface area contributed by atoms with Crippen molar-refractivity contribution in [3.8, 4) is 0 Å². The number of fused-ring (bicyclic) bond motifs is 4. The summed E-state index contributed by atoms with van der Waals surface area (Å²) in [5.74, 6) is 0.0737. The van der Waals surface area contributed by atoms with E-state index >= 15 is 0 Å². The number of nitrogens with zero attached hydrogens (tertiary/aromatic N) is 5. The van der Waals surface area contributed by atoms with Crippen molar-refractivity contribution >= 4 is 45.1 Å². The van der Waals surface area contributed by atoms with Gasteiger partial charge in [0.1, 0.15) is 11.3 Å². The second kappa shape index (κ2) is 7.83. The van der Waals surface area contributed by atoms with Gasteiger partial charge in [0, 0.05) is 39.1 Å². The van der Waals surface area contributed by atoms with E-state index in [1.807, 2.05) is 65.4 Å². The summed E-state index contributed by atoms with van der Waals surface area (Å²) in [7, 11) is 0. The lowest BCUT2D eigenvalue weighted by atomic mass is 10.2. The van der Waals surface area contributed by atoms with Gasteiger partial charge < -0.3 is 9.55 Å². The third kappa shape index (κ3) is 3.47. The van der Waals surface area contributed by atoms with Crippen LogP contribution in [-0.2, 0) is 6.54 Å². The molecule has 3 aromatic heterocycles. The van der Waals surface area contributed by atoms with Gasteiger partial charge in [-0.05, 0) is 18.2 Å². The van der Waals surface area contributed by atoms with E-state index in [-0.39, 0.29) is 5.82 Å². The minimum Gasteiger partial charge on any atom is -0.342 e. The Morgan fingerprint density at radius 3 is 2.64 bits per heavy atom. The van der Waals surface area contributed by atoms with Crippen LogP contribution < -0.4 is 5.43 Å². The smallest absolute Gasteiger partial charge is 0.265 e. The maximum absolute atomic E-state index is 14.2. The monoisotopic (exact) mass is 435 g/mol. The molecule has 6 rings (SSSR count). The second-order valence-electron chi connectivity index (χ2n) is 7.69. The standard InChI is InChI=1S/C25H18FN7/c26-20-10-4-1-7-16(20)14-33-15-17(18-8-3-6-12-22(18)33)13-27-31-25-29-24-23(30-32-25)19-9-2-5-11-21(19)28-24/h1-13,15H,14H2,(H2,28,29,31,32)/b27-13-. The van der Waals surface area contributed by atoms with Crippen LogP contribution in [0.2, 0.25) is 0 Å². The molecule has 0 spiro atoms. The Hall–Kier alpha value is -4.59. The quantitative estimate of drug-likeness (QED) is 0.292. The molecular weight excluding hydrogens is 417 g/mol. The summed E-state index contributed by atoms with van der Waals surface area (Å²) in [6.45, 7) is 0.429. The first-order valence-corrected chi connectivity index (χ1v) is 10.5. The van der Waals surface area contributed by atoms with Crippen LogP contribution in [0.1, 0.15) is 11.1 Å². The van der Waals surface area contributed by atoms with Gasteiger partial charge >= 0.3 is 0 Å². The summed E-state index contributed by atoms with van der Waals surface area (Å²) in [5, 5.41) is 14.7. The van der Waals surface area contributed by atoms with E-state index in [4.69, 9.17) is 0 Å². The van der Waals surface area contributed by atoms with Gasteiger partial charge in [-0.1, -0.05) is 54.6 Å². The van der Waals surface area contributed by atoms with Crippen LogP contribution in [0.5, 0.6) is 0 Å². The highest BCUT2D eigenvalue weighted by Crippen LogP contribution is 2.23. The van der Waals surface area contributed by atoms with Crippen molar-refractivity contribution in [3.05, 3.63) is 95.9 Å². The number of aromatic nitrogens is 5. The number of anilines is 1. The van der Waals surface area contributed by atoms with Crippen LogP contribution >= 0.6 is 0 Å². The average Bonchev–Trinajstić information content (AvgIpc) is 3.38. The van der Waals surface area contributed by atoms with Crippen molar-refractivity contribution in [2.75, 3.05) is 5.43 Å². The molecule has 0 fully saturated rings. The number of hydrogen-bond acceptors (Lipinski definition) is 5. The summed E-state index contributed by atoms with van der Waals surface area (Å²) >= 11 is 0. The molecule has 2 N–H and O–H groups in total. The Bertz CT molecular complexity index is 1650. The zero-order valence-electron chi connectivity index (χ0n) is 17.4. The van der Waals surface area contributed by atoms with E-state index in [1.54, 1.807) is 18.3 Å². The van der Waals surface area contributed by atoms with Crippen LogP contribution in [0.25, 0.3) is 33.0 Å². The minimum atomic E-state index is -0.218. The molecule has 0 bridgehead atoms. The van der Waals surface area contributed by atoms with E-state index in [9.17, 15) is 4.39 Å². The Balaban J connectivity index is 1.29. The fourth-order valence-corrected chi connectivity index (χ4v) is 4.05. The molecule has 0 aliphatic carbocycles. The first-order chi connectivity index (χ1) is 16.3. The zero-order valence-corrected chi connectivity index (χ0v) is 17.4. The van der Waals surface area contributed by atoms with Gasteiger partial charge in [0.25, 0.3) is 5.95 Å².